The van der Waals surface area contributed by atoms with E-state index in [1.807, 2.05) is 31.2 Å². The summed E-state index contributed by atoms with van der Waals surface area (Å²) in [6, 6.07) is 7.09. The molecule has 0 bridgehead atoms. The summed E-state index contributed by atoms with van der Waals surface area (Å²) in [7, 11) is 0. The molecule has 1 heterocycles. The summed E-state index contributed by atoms with van der Waals surface area (Å²) in [4.78, 5) is 25.1. The molecule has 0 aromatic heterocycles. The van der Waals surface area contributed by atoms with E-state index in [-0.39, 0.29) is 11.8 Å². The highest BCUT2D eigenvalue weighted by molar-refractivity contribution is 6.06. The summed E-state index contributed by atoms with van der Waals surface area (Å²) in [5, 5.41) is 2.71. The minimum Gasteiger partial charge on any atom is -0.341 e. The van der Waals surface area contributed by atoms with Gasteiger partial charge < -0.3 is 10.2 Å². The quantitative estimate of drug-likeness (QED) is 0.861. The van der Waals surface area contributed by atoms with Crippen LogP contribution >= 0.6 is 0 Å². The van der Waals surface area contributed by atoms with E-state index in [1.165, 1.54) is 6.92 Å². The highest BCUT2D eigenvalue weighted by Gasteiger charge is 2.36. The van der Waals surface area contributed by atoms with Crippen molar-refractivity contribution in [3.63, 3.8) is 0 Å². The van der Waals surface area contributed by atoms with E-state index in [4.69, 9.17) is 0 Å². The summed E-state index contributed by atoms with van der Waals surface area (Å²) in [6.07, 6.45) is 0.896. The predicted molar refractivity (Wildman–Crippen MR) is 65.6 cm³/mol. The van der Waals surface area contributed by atoms with Crippen LogP contribution < -0.4 is 10.2 Å². The number of rotatable bonds is 3. The number of carbonyl (C=O) groups excluding carboxylic acids is 2. The van der Waals surface area contributed by atoms with Crippen LogP contribution in [0.1, 0.15) is 31.9 Å². The molecule has 17 heavy (non-hydrogen) atoms. The molecule has 0 unspecified atom stereocenters. The topological polar surface area (TPSA) is 49.4 Å². The van der Waals surface area contributed by atoms with Crippen molar-refractivity contribution >= 4 is 17.5 Å². The van der Waals surface area contributed by atoms with E-state index in [1.54, 1.807) is 4.90 Å². The Morgan fingerprint density at radius 2 is 2.12 bits per heavy atom. The number of carbonyl (C=O) groups is 2. The average Bonchev–Trinajstić information content (AvgIpc) is 2.55. The molecule has 2 amide bonds. The van der Waals surface area contributed by atoms with Crippen LogP contribution in [0.3, 0.4) is 0 Å². The first kappa shape index (κ1) is 11.6. The number of fused-ring (bicyclic) bond motifs is 1. The lowest BCUT2D eigenvalue weighted by molar-refractivity contribution is -0.126. The molecule has 1 aliphatic rings. The molecular weight excluding hydrogens is 216 g/mol. The first-order valence-electron chi connectivity index (χ1n) is 5.82. The summed E-state index contributed by atoms with van der Waals surface area (Å²) in [5.41, 5.74) is 1.80. The Labute approximate surface area is 101 Å². The van der Waals surface area contributed by atoms with Crippen LogP contribution in [-0.2, 0) is 9.59 Å². The van der Waals surface area contributed by atoms with Gasteiger partial charge in [-0.3, -0.25) is 9.59 Å². The Morgan fingerprint density at radius 1 is 1.41 bits per heavy atom. The van der Waals surface area contributed by atoms with E-state index in [2.05, 4.69) is 5.32 Å². The van der Waals surface area contributed by atoms with E-state index in [0.29, 0.717) is 6.54 Å². The fourth-order valence-electron chi connectivity index (χ4n) is 2.18. The number of benzene rings is 1. The zero-order valence-electron chi connectivity index (χ0n) is 10.1. The summed E-state index contributed by atoms with van der Waals surface area (Å²) >= 11 is 0. The van der Waals surface area contributed by atoms with Crippen molar-refractivity contribution in [1.82, 2.24) is 5.32 Å². The maximum absolute atomic E-state index is 12.2. The van der Waals surface area contributed by atoms with Gasteiger partial charge in [-0.1, -0.05) is 25.1 Å². The number of para-hydroxylation sites is 1. The molecule has 1 atom stereocenters. The molecule has 1 aliphatic heterocycles. The van der Waals surface area contributed by atoms with Gasteiger partial charge in [0.2, 0.25) is 5.91 Å². The largest absolute Gasteiger partial charge is 0.341 e. The molecule has 90 valence electrons. The van der Waals surface area contributed by atoms with Gasteiger partial charge in [0.15, 0.2) is 0 Å². The van der Waals surface area contributed by atoms with Crippen LogP contribution in [0, 0.1) is 0 Å². The van der Waals surface area contributed by atoms with Crippen molar-refractivity contribution < 1.29 is 9.59 Å². The number of amides is 2. The molecule has 4 nitrogen and oxygen atoms in total. The van der Waals surface area contributed by atoms with Gasteiger partial charge in [0.25, 0.3) is 5.91 Å². The Kier molecular flexibility index (Phi) is 3.13. The monoisotopic (exact) mass is 232 g/mol. The standard InChI is InChI=1S/C13H16N2O2/c1-3-8-15-11-7-5-4-6-10(11)12(13(15)17)14-9(2)16/h4-7,12H,3,8H2,1-2H3,(H,14,16)/t12-/m1/s1. The minimum atomic E-state index is -0.518. The second-order valence-corrected chi connectivity index (χ2v) is 4.18. The van der Waals surface area contributed by atoms with Crippen LogP contribution in [0.25, 0.3) is 0 Å². The molecule has 0 saturated heterocycles. The number of nitrogens with one attached hydrogen (secondary N) is 1. The fraction of sp³-hybridized carbons (Fsp3) is 0.385. The second-order valence-electron chi connectivity index (χ2n) is 4.18. The van der Waals surface area contributed by atoms with Gasteiger partial charge in [0.05, 0.1) is 0 Å². The molecule has 2 rings (SSSR count). The van der Waals surface area contributed by atoms with Gasteiger partial charge in [-0.25, -0.2) is 0 Å². The Hall–Kier alpha value is -1.84. The smallest absolute Gasteiger partial charge is 0.254 e. The van der Waals surface area contributed by atoms with Gasteiger partial charge in [0, 0.05) is 24.7 Å². The number of hydrogen-bond acceptors (Lipinski definition) is 2. The SMILES string of the molecule is CCCN1C(=O)[C@H](NC(C)=O)c2ccccc21. The van der Waals surface area contributed by atoms with E-state index < -0.39 is 6.04 Å². The van der Waals surface area contributed by atoms with Gasteiger partial charge in [-0.2, -0.15) is 0 Å². The zero-order valence-corrected chi connectivity index (χ0v) is 10.1. The minimum absolute atomic E-state index is 0.0387. The van der Waals surface area contributed by atoms with Crippen molar-refractivity contribution in [1.29, 1.82) is 0 Å². The first-order chi connectivity index (χ1) is 8.15. The summed E-state index contributed by atoms with van der Waals surface area (Å²) < 4.78 is 0. The predicted octanol–water partition coefficient (Wildman–Crippen LogP) is 1.62. The maximum Gasteiger partial charge on any atom is 0.254 e. The molecule has 4 heteroatoms. The lowest BCUT2D eigenvalue weighted by Crippen LogP contribution is -2.36. The number of hydrogen-bond donors (Lipinski definition) is 1. The zero-order chi connectivity index (χ0) is 12.4. The normalized spacial score (nSPS) is 18.1. The highest BCUT2D eigenvalue weighted by Crippen LogP contribution is 2.35. The lowest BCUT2D eigenvalue weighted by Gasteiger charge is -2.16. The van der Waals surface area contributed by atoms with Crippen LogP contribution in [0.4, 0.5) is 5.69 Å². The molecular formula is C13H16N2O2. The first-order valence-corrected chi connectivity index (χ1v) is 5.82. The summed E-state index contributed by atoms with van der Waals surface area (Å²) in [6.45, 7) is 4.14. The Bertz CT molecular complexity index is 456. The van der Waals surface area contributed by atoms with Crippen molar-refractivity contribution in [2.75, 3.05) is 11.4 Å². The maximum atomic E-state index is 12.2. The molecule has 1 aromatic carbocycles. The third-order valence-electron chi connectivity index (χ3n) is 2.85. The van der Waals surface area contributed by atoms with Crippen LogP contribution in [0.15, 0.2) is 24.3 Å². The third kappa shape index (κ3) is 2.02. The Morgan fingerprint density at radius 3 is 2.76 bits per heavy atom. The molecule has 0 spiro atoms. The number of anilines is 1. The van der Waals surface area contributed by atoms with E-state index >= 15 is 0 Å². The van der Waals surface area contributed by atoms with Crippen molar-refractivity contribution in [3.05, 3.63) is 29.8 Å². The molecule has 0 fully saturated rings. The van der Waals surface area contributed by atoms with Gasteiger partial charge in [0.1, 0.15) is 6.04 Å². The highest BCUT2D eigenvalue weighted by atomic mass is 16.2. The van der Waals surface area contributed by atoms with Crippen LogP contribution in [0.5, 0.6) is 0 Å². The van der Waals surface area contributed by atoms with E-state index in [0.717, 1.165) is 17.7 Å². The number of nitrogens with zero attached hydrogens (tertiary/aromatic N) is 1. The summed E-state index contributed by atoms with van der Waals surface area (Å²) in [5.74, 6) is -0.222. The fourth-order valence-corrected chi connectivity index (χ4v) is 2.18. The van der Waals surface area contributed by atoms with Gasteiger partial charge >= 0.3 is 0 Å². The third-order valence-corrected chi connectivity index (χ3v) is 2.85. The van der Waals surface area contributed by atoms with E-state index in [9.17, 15) is 9.59 Å². The second kappa shape index (κ2) is 4.57. The van der Waals surface area contributed by atoms with Crippen molar-refractivity contribution in [3.8, 4) is 0 Å². The molecule has 0 saturated carbocycles. The molecule has 0 radical (unpaired) electrons. The molecule has 1 N–H and O–H groups in total. The van der Waals surface area contributed by atoms with Crippen LogP contribution in [-0.4, -0.2) is 18.4 Å². The average molecular weight is 232 g/mol. The van der Waals surface area contributed by atoms with Crippen molar-refractivity contribution in [2.24, 2.45) is 0 Å². The van der Waals surface area contributed by atoms with Gasteiger partial charge in [-0.15, -0.1) is 0 Å². The lowest BCUT2D eigenvalue weighted by atomic mass is 10.1. The van der Waals surface area contributed by atoms with Crippen molar-refractivity contribution in [2.45, 2.75) is 26.3 Å². The molecule has 1 aromatic rings. The van der Waals surface area contributed by atoms with Gasteiger partial charge in [-0.05, 0) is 12.5 Å². The molecule has 0 aliphatic carbocycles. The Balaban J connectivity index is 2.37. The van der Waals surface area contributed by atoms with Crippen LogP contribution in [0.2, 0.25) is 0 Å².